The van der Waals surface area contributed by atoms with Gasteiger partial charge in [-0.25, -0.2) is 8.42 Å². The number of aliphatic hydroxyl groups excluding tert-OH is 2. The number of nitrogens with zero attached hydrogens (tertiary/aromatic N) is 1. The Morgan fingerprint density at radius 3 is 1.77 bits per heavy atom. The van der Waals surface area contributed by atoms with Crippen LogP contribution >= 0.6 is 0 Å². The van der Waals surface area contributed by atoms with Crippen LogP contribution in [0.3, 0.4) is 0 Å². The third-order valence-corrected chi connectivity index (χ3v) is 5.04. The monoisotopic (exact) mass is 409 g/mol. The SMILES string of the molecule is CC(O)CN(CC(C)O)S(=O)(=O)c1cc(C(F)(F)F)ccc1C(F)(F)F. The summed E-state index contributed by atoms with van der Waals surface area (Å²) >= 11 is 0. The number of hydrogen-bond acceptors (Lipinski definition) is 4. The number of hydrogen-bond donors (Lipinski definition) is 2. The van der Waals surface area contributed by atoms with Gasteiger partial charge in [0.2, 0.25) is 10.0 Å². The van der Waals surface area contributed by atoms with Crippen molar-refractivity contribution >= 4 is 10.0 Å². The number of alkyl halides is 6. The highest BCUT2D eigenvalue weighted by Crippen LogP contribution is 2.39. The highest BCUT2D eigenvalue weighted by Gasteiger charge is 2.42. The number of benzene rings is 1. The summed E-state index contributed by atoms with van der Waals surface area (Å²) in [4.78, 5) is -1.60. The number of aliphatic hydroxyl groups is 2. The molecular formula is C14H17F6NO4S. The maximum atomic E-state index is 13.1. The lowest BCUT2D eigenvalue weighted by molar-refractivity contribution is -0.143. The molecule has 2 unspecified atom stereocenters. The minimum Gasteiger partial charge on any atom is -0.392 e. The van der Waals surface area contributed by atoms with E-state index in [0.29, 0.717) is 4.31 Å². The van der Waals surface area contributed by atoms with Gasteiger partial charge in [-0.3, -0.25) is 0 Å². The van der Waals surface area contributed by atoms with Crippen molar-refractivity contribution in [2.45, 2.75) is 43.3 Å². The highest BCUT2D eigenvalue weighted by atomic mass is 32.2. The highest BCUT2D eigenvalue weighted by molar-refractivity contribution is 7.89. The fraction of sp³-hybridized carbons (Fsp3) is 0.571. The van der Waals surface area contributed by atoms with Crippen molar-refractivity contribution in [2.24, 2.45) is 0 Å². The van der Waals surface area contributed by atoms with E-state index >= 15 is 0 Å². The average Bonchev–Trinajstić information content (AvgIpc) is 2.43. The van der Waals surface area contributed by atoms with Gasteiger partial charge in [0.15, 0.2) is 0 Å². The molecular weight excluding hydrogens is 392 g/mol. The Hall–Kier alpha value is -1.37. The summed E-state index contributed by atoms with van der Waals surface area (Å²) in [5, 5.41) is 18.7. The molecule has 0 saturated carbocycles. The zero-order valence-corrected chi connectivity index (χ0v) is 14.5. The van der Waals surface area contributed by atoms with Crippen molar-refractivity contribution in [3.05, 3.63) is 29.3 Å². The van der Waals surface area contributed by atoms with Crippen LogP contribution in [0.5, 0.6) is 0 Å². The molecule has 0 saturated heterocycles. The molecule has 0 spiro atoms. The van der Waals surface area contributed by atoms with Crippen molar-refractivity contribution in [1.29, 1.82) is 0 Å². The fourth-order valence-electron chi connectivity index (χ4n) is 2.15. The first-order valence-corrected chi connectivity index (χ1v) is 8.65. The zero-order chi connectivity index (χ0) is 20.5. The molecule has 0 heterocycles. The standard InChI is InChI=1S/C14H17F6NO4S/c1-8(22)6-21(7-9(2)23)26(24,25)12-5-10(13(15,16)17)3-4-11(12)14(18,19)20/h3-5,8-9,22-23H,6-7H2,1-2H3. The van der Waals surface area contributed by atoms with E-state index < -0.39 is 63.7 Å². The van der Waals surface area contributed by atoms with E-state index in [1.54, 1.807) is 0 Å². The Kier molecular flexibility index (Phi) is 6.72. The summed E-state index contributed by atoms with van der Waals surface area (Å²) in [6, 6.07) is 0.0728. The van der Waals surface area contributed by atoms with Crippen LogP contribution in [-0.2, 0) is 22.4 Å². The molecule has 2 N–H and O–H groups in total. The summed E-state index contributed by atoms with van der Waals surface area (Å²) in [5.74, 6) is 0. The Labute approximate surface area is 145 Å². The third-order valence-electron chi connectivity index (χ3n) is 3.17. The van der Waals surface area contributed by atoms with Gasteiger partial charge in [0.1, 0.15) is 0 Å². The molecule has 1 rings (SSSR count). The number of sulfonamides is 1. The Morgan fingerprint density at radius 2 is 1.42 bits per heavy atom. The van der Waals surface area contributed by atoms with Crippen molar-refractivity contribution in [3.63, 3.8) is 0 Å². The largest absolute Gasteiger partial charge is 0.417 e. The average molecular weight is 409 g/mol. The summed E-state index contributed by atoms with van der Waals surface area (Å²) in [6.07, 6.45) is -12.9. The molecule has 0 aliphatic heterocycles. The van der Waals surface area contributed by atoms with Gasteiger partial charge in [-0.05, 0) is 32.0 Å². The summed E-state index contributed by atoms with van der Waals surface area (Å²) in [6.45, 7) is 0.865. The smallest absolute Gasteiger partial charge is 0.392 e. The van der Waals surface area contributed by atoms with E-state index in [1.165, 1.54) is 0 Å². The van der Waals surface area contributed by atoms with E-state index in [9.17, 15) is 45.0 Å². The van der Waals surface area contributed by atoms with Crippen LogP contribution in [0.4, 0.5) is 26.3 Å². The van der Waals surface area contributed by atoms with Crippen molar-refractivity contribution in [1.82, 2.24) is 4.31 Å². The predicted molar refractivity (Wildman–Crippen MR) is 78.6 cm³/mol. The second-order valence-electron chi connectivity index (χ2n) is 5.73. The van der Waals surface area contributed by atoms with Gasteiger partial charge in [0, 0.05) is 13.1 Å². The third kappa shape index (κ3) is 5.56. The number of rotatable bonds is 6. The zero-order valence-electron chi connectivity index (χ0n) is 13.6. The molecule has 1 aromatic rings. The summed E-state index contributed by atoms with van der Waals surface area (Å²) < 4.78 is 103. The van der Waals surface area contributed by atoms with E-state index in [4.69, 9.17) is 0 Å². The van der Waals surface area contributed by atoms with E-state index in [1.807, 2.05) is 0 Å². The Balaban J connectivity index is 3.65. The van der Waals surface area contributed by atoms with Crippen molar-refractivity contribution in [2.75, 3.05) is 13.1 Å². The lowest BCUT2D eigenvalue weighted by Crippen LogP contribution is -2.41. The molecule has 0 radical (unpaired) electrons. The lowest BCUT2D eigenvalue weighted by Gasteiger charge is -2.26. The van der Waals surface area contributed by atoms with E-state index in [2.05, 4.69) is 0 Å². The molecule has 0 bridgehead atoms. The van der Waals surface area contributed by atoms with E-state index in [0.717, 1.165) is 13.8 Å². The molecule has 0 aliphatic rings. The van der Waals surface area contributed by atoms with Crippen LogP contribution in [0, 0.1) is 0 Å². The van der Waals surface area contributed by atoms with Crippen LogP contribution in [0.2, 0.25) is 0 Å². The van der Waals surface area contributed by atoms with Gasteiger partial charge in [-0.2, -0.15) is 30.6 Å². The Morgan fingerprint density at radius 1 is 0.962 bits per heavy atom. The summed E-state index contributed by atoms with van der Waals surface area (Å²) in [7, 11) is -5.09. The second kappa shape index (κ2) is 7.71. The van der Waals surface area contributed by atoms with Crippen molar-refractivity contribution in [3.8, 4) is 0 Å². The van der Waals surface area contributed by atoms with E-state index in [-0.39, 0.29) is 18.2 Å². The van der Waals surface area contributed by atoms with Gasteiger partial charge in [-0.1, -0.05) is 0 Å². The molecule has 26 heavy (non-hydrogen) atoms. The minimum atomic E-state index is -5.23. The molecule has 5 nitrogen and oxygen atoms in total. The van der Waals surface area contributed by atoms with Crippen LogP contribution in [0.15, 0.2) is 23.1 Å². The van der Waals surface area contributed by atoms with Gasteiger partial charge >= 0.3 is 12.4 Å². The molecule has 2 atom stereocenters. The quantitative estimate of drug-likeness (QED) is 0.708. The molecule has 0 aliphatic carbocycles. The maximum absolute atomic E-state index is 13.1. The number of halogens is 6. The molecule has 150 valence electrons. The minimum absolute atomic E-state index is 0.0403. The summed E-state index contributed by atoms with van der Waals surface area (Å²) in [5.41, 5.74) is -3.34. The van der Waals surface area contributed by atoms with Crippen LogP contribution in [-0.4, -0.2) is 48.2 Å². The molecule has 0 aromatic heterocycles. The fourth-order valence-corrected chi connectivity index (χ4v) is 3.99. The normalized spacial score (nSPS) is 16.0. The van der Waals surface area contributed by atoms with Gasteiger partial charge < -0.3 is 10.2 Å². The van der Waals surface area contributed by atoms with Gasteiger partial charge in [0.25, 0.3) is 0 Å². The van der Waals surface area contributed by atoms with Crippen LogP contribution < -0.4 is 0 Å². The van der Waals surface area contributed by atoms with Crippen LogP contribution in [0.1, 0.15) is 25.0 Å². The molecule has 12 heteroatoms. The Bertz CT molecular complexity index is 718. The first-order chi connectivity index (χ1) is 11.6. The van der Waals surface area contributed by atoms with Gasteiger partial charge in [0.05, 0.1) is 28.2 Å². The molecule has 0 fully saturated rings. The van der Waals surface area contributed by atoms with Crippen molar-refractivity contribution < 1.29 is 45.0 Å². The topological polar surface area (TPSA) is 77.8 Å². The predicted octanol–water partition coefficient (Wildman–Crippen LogP) is 2.48. The first kappa shape index (κ1) is 22.7. The first-order valence-electron chi connectivity index (χ1n) is 7.21. The van der Waals surface area contributed by atoms with Gasteiger partial charge in [-0.15, -0.1) is 0 Å². The maximum Gasteiger partial charge on any atom is 0.417 e. The second-order valence-corrected chi connectivity index (χ2v) is 7.63. The molecule has 1 aromatic carbocycles. The molecule has 0 amide bonds. The lowest BCUT2D eigenvalue weighted by atomic mass is 10.1. The van der Waals surface area contributed by atoms with Crippen LogP contribution in [0.25, 0.3) is 0 Å².